The molecule has 1 aromatic carbocycles. The quantitative estimate of drug-likeness (QED) is 0.890. The zero-order chi connectivity index (χ0) is 13.9. The van der Waals surface area contributed by atoms with E-state index in [-0.39, 0.29) is 11.8 Å². The Morgan fingerprint density at radius 1 is 1.26 bits per heavy atom. The number of carbonyl (C=O) groups excluding carboxylic acids is 1. The molecule has 0 atom stereocenters. The van der Waals surface area contributed by atoms with Crippen molar-refractivity contribution in [3.05, 3.63) is 29.8 Å². The average molecular weight is 281 g/mol. The van der Waals surface area contributed by atoms with Crippen LogP contribution in [0.5, 0.6) is 0 Å². The van der Waals surface area contributed by atoms with Crippen molar-refractivity contribution in [2.45, 2.75) is 30.6 Å². The van der Waals surface area contributed by atoms with Crippen molar-refractivity contribution in [1.29, 1.82) is 0 Å². The van der Waals surface area contributed by atoms with Gasteiger partial charge in [0.25, 0.3) is 0 Å². The fourth-order valence-electron chi connectivity index (χ4n) is 2.05. The predicted octanol–water partition coefficient (Wildman–Crippen LogP) is 1.55. The summed E-state index contributed by atoms with van der Waals surface area (Å²) in [5.74, 6) is 0.367. The number of benzene rings is 1. The fraction of sp³-hybridized carbons (Fsp3) is 0.500. The van der Waals surface area contributed by atoms with Gasteiger partial charge in [0.05, 0.1) is 4.90 Å². The summed E-state index contributed by atoms with van der Waals surface area (Å²) in [5, 5.41) is 2.92. The molecule has 1 amide bonds. The minimum absolute atomic E-state index is 0.152. The normalized spacial score (nSPS) is 15.8. The third-order valence-corrected chi connectivity index (χ3v) is 4.67. The van der Waals surface area contributed by atoms with Crippen LogP contribution in [-0.4, -0.2) is 27.1 Å². The molecular weight excluding hydrogens is 262 g/mol. The van der Waals surface area contributed by atoms with Crippen LogP contribution in [0.1, 0.15) is 24.8 Å². The van der Waals surface area contributed by atoms with Crippen LogP contribution in [-0.2, 0) is 21.1 Å². The van der Waals surface area contributed by atoms with Crippen LogP contribution in [0.25, 0.3) is 0 Å². The van der Waals surface area contributed by atoms with E-state index in [9.17, 15) is 13.2 Å². The topological polar surface area (TPSA) is 63.2 Å². The van der Waals surface area contributed by atoms with E-state index in [1.165, 1.54) is 6.26 Å². The highest BCUT2D eigenvalue weighted by Gasteiger charge is 2.24. The summed E-state index contributed by atoms with van der Waals surface area (Å²) in [4.78, 5) is 11.9. The van der Waals surface area contributed by atoms with Gasteiger partial charge in [-0.1, -0.05) is 18.6 Å². The van der Waals surface area contributed by atoms with E-state index >= 15 is 0 Å². The molecule has 0 saturated heterocycles. The second-order valence-corrected chi connectivity index (χ2v) is 7.10. The first-order valence-corrected chi connectivity index (χ1v) is 8.42. The number of sulfone groups is 1. The third kappa shape index (κ3) is 3.80. The standard InChI is InChI=1S/C14H19NO3S/c1-19(17,18)13-7-5-11(6-8-13)9-10-15-14(16)12-3-2-4-12/h5-8,12H,2-4,9-10H2,1H3,(H,15,16). The largest absolute Gasteiger partial charge is 0.356 e. The molecule has 4 nitrogen and oxygen atoms in total. The number of nitrogens with one attached hydrogen (secondary N) is 1. The van der Waals surface area contributed by atoms with Crippen molar-refractivity contribution >= 4 is 15.7 Å². The molecule has 104 valence electrons. The first-order chi connectivity index (χ1) is 8.97. The van der Waals surface area contributed by atoms with Crippen LogP contribution >= 0.6 is 0 Å². The molecule has 0 spiro atoms. The molecule has 0 radical (unpaired) electrons. The molecule has 5 heteroatoms. The lowest BCUT2D eigenvalue weighted by atomic mass is 9.85. The fourth-order valence-corrected chi connectivity index (χ4v) is 2.68. The Hall–Kier alpha value is -1.36. The number of hydrogen-bond acceptors (Lipinski definition) is 3. The molecule has 1 fully saturated rings. The summed E-state index contributed by atoms with van der Waals surface area (Å²) in [6, 6.07) is 6.81. The third-order valence-electron chi connectivity index (χ3n) is 3.54. The molecule has 0 unspecified atom stereocenters. The lowest BCUT2D eigenvalue weighted by molar-refractivity contribution is -0.127. The van der Waals surface area contributed by atoms with E-state index in [1.54, 1.807) is 24.3 Å². The SMILES string of the molecule is CS(=O)(=O)c1ccc(CCNC(=O)C2CCC2)cc1. The molecule has 0 aliphatic heterocycles. The average Bonchev–Trinajstić information content (AvgIpc) is 2.26. The Morgan fingerprint density at radius 2 is 1.89 bits per heavy atom. The molecule has 0 heterocycles. The van der Waals surface area contributed by atoms with Crippen LogP contribution in [0.15, 0.2) is 29.2 Å². The van der Waals surface area contributed by atoms with Gasteiger partial charge in [-0.2, -0.15) is 0 Å². The molecule has 0 bridgehead atoms. The molecule has 1 aliphatic carbocycles. The Balaban J connectivity index is 1.81. The molecule has 2 rings (SSSR count). The van der Waals surface area contributed by atoms with Crippen molar-refractivity contribution < 1.29 is 13.2 Å². The van der Waals surface area contributed by atoms with Gasteiger partial charge in [0.15, 0.2) is 9.84 Å². The maximum Gasteiger partial charge on any atom is 0.223 e. The lowest BCUT2D eigenvalue weighted by Gasteiger charge is -2.24. The Bertz CT molecular complexity index is 545. The Morgan fingerprint density at radius 3 is 2.37 bits per heavy atom. The molecule has 19 heavy (non-hydrogen) atoms. The molecule has 1 aromatic rings. The number of hydrogen-bond donors (Lipinski definition) is 1. The van der Waals surface area contributed by atoms with Gasteiger partial charge in [0, 0.05) is 18.7 Å². The predicted molar refractivity (Wildman–Crippen MR) is 73.6 cm³/mol. The van der Waals surface area contributed by atoms with E-state index in [4.69, 9.17) is 0 Å². The van der Waals surface area contributed by atoms with Crippen LogP contribution in [0, 0.1) is 5.92 Å². The van der Waals surface area contributed by atoms with Crippen molar-refractivity contribution in [1.82, 2.24) is 5.32 Å². The highest BCUT2D eigenvalue weighted by Crippen LogP contribution is 2.26. The molecule has 1 aliphatic rings. The van der Waals surface area contributed by atoms with Crippen molar-refractivity contribution in [3.63, 3.8) is 0 Å². The maximum absolute atomic E-state index is 11.6. The summed E-state index contributed by atoms with van der Waals surface area (Å²) in [6.45, 7) is 0.605. The second-order valence-electron chi connectivity index (χ2n) is 5.08. The first-order valence-electron chi connectivity index (χ1n) is 6.53. The highest BCUT2D eigenvalue weighted by molar-refractivity contribution is 7.90. The van der Waals surface area contributed by atoms with Crippen molar-refractivity contribution in [2.75, 3.05) is 12.8 Å². The zero-order valence-electron chi connectivity index (χ0n) is 11.1. The van der Waals surface area contributed by atoms with Crippen LogP contribution in [0.3, 0.4) is 0 Å². The van der Waals surface area contributed by atoms with E-state index in [0.29, 0.717) is 11.4 Å². The summed E-state index contributed by atoms with van der Waals surface area (Å²) in [6.07, 6.45) is 5.10. The van der Waals surface area contributed by atoms with E-state index in [0.717, 1.165) is 31.2 Å². The summed E-state index contributed by atoms with van der Waals surface area (Å²) < 4.78 is 22.6. The van der Waals surface area contributed by atoms with Gasteiger partial charge in [-0.25, -0.2) is 8.42 Å². The zero-order valence-corrected chi connectivity index (χ0v) is 11.9. The smallest absolute Gasteiger partial charge is 0.223 e. The monoisotopic (exact) mass is 281 g/mol. The number of amides is 1. The van der Waals surface area contributed by atoms with Crippen LogP contribution in [0.2, 0.25) is 0 Å². The molecular formula is C14H19NO3S. The number of rotatable bonds is 5. The summed E-state index contributed by atoms with van der Waals surface area (Å²) in [7, 11) is -3.13. The Kier molecular flexibility index (Phi) is 4.24. The summed E-state index contributed by atoms with van der Waals surface area (Å²) in [5.41, 5.74) is 1.03. The number of carbonyl (C=O) groups is 1. The minimum atomic E-state index is -3.13. The lowest BCUT2D eigenvalue weighted by Crippen LogP contribution is -2.35. The van der Waals surface area contributed by atoms with Gasteiger partial charge >= 0.3 is 0 Å². The van der Waals surface area contributed by atoms with Gasteiger partial charge in [-0.05, 0) is 37.0 Å². The molecule has 1 N–H and O–H groups in total. The molecule has 0 aromatic heterocycles. The maximum atomic E-state index is 11.6. The van der Waals surface area contributed by atoms with E-state index in [1.807, 2.05) is 0 Å². The van der Waals surface area contributed by atoms with Gasteiger partial charge in [-0.15, -0.1) is 0 Å². The summed E-state index contributed by atoms with van der Waals surface area (Å²) >= 11 is 0. The minimum Gasteiger partial charge on any atom is -0.356 e. The highest BCUT2D eigenvalue weighted by atomic mass is 32.2. The van der Waals surface area contributed by atoms with Crippen LogP contribution < -0.4 is 5.32 Å². The Labute approximate surface area is 114 Å². The van der Waals surface area contributed by atoms with Gasteiger partial charge in [-0.3, -0.25) is 4.79 Å². The van der Waals surface area contributed by atoms with Crippen LogP contribution in [0.4, 0.5) is 0 Å². The van der Waals surface area contributed by atoms with Gasteiger partial charge < -0.3 is 5.32 Å². The van der Waals surface area contributed by atoms with Gasteiger partial charge in [0.1, 0.15) is 0 Å². The molecule has 1 saturated carbocycles. The van der Waals surface area contributed by atoms with E-state index < -0.39 is 9.84 Å². The van der Waals surface area contributed by atoms with Crippen molar-refractivity contribution in [3.8, 4) is 0 Å². The van der Waals surface area contributed by atoms with Gasteiger partial charge in [0.2, 0.25) is 5.91 Å². The first kappa shape index (κ1) is 14.1. The van der Waals surface area contributed by atoms with E-state index in [2.05, 4.69) is 5.32 Å². The van der Waals surface area contributed by atoms with Crippen molar-refractivity contribution in [2.24, 2.45) is 5.92 Å². The second kappa shape index (κ2) is 5.74.